The van der Waals surface area contributed by atoms with Gasteiger partial charge in [-0.2, -0.15) is 20.7 Å². The van der Waals surface area contributed by atoms with Crippen LogP contribution in [0.25, 0.3) is 43.6 Å². The van der Waals surface area contributed by atoms with Crippen LogP contribution in [0.1, 0.15) is 22.5 Å². The lowest BCUT2D eigenvalue weighted by molar-refractivity contribution is 0.706. The third-order valence-corrected chi connectivity index (χ3v) is 9.43. The molecule has 0 radical (unpaired) electrons. The van der Waals surface area contributed by atoms with Gasteiger partial charge in [0, 0.05) is 41.4 Å². The highest BCUT2D eigenvalue weighted by Crippen LogP contribution is 2.25. The van der Waals surface area contributed by atoms with E-state index in [4.69, 9.17) is 40.1 Å². The molecule has 8 aromatic rings. The maximum Gasteiger partial charge on any atom is 0.152 e. The number of nitriles is 2. The number of hydrogen-bond donors (Lipinski definition) is 1. The summed E-state index contributed by atoms with van der Waals surface area (Å²) in [6.45, 7) is 0.594. The summed E-state index contributed by atoms with van der Waals surface area (Å²) in [5.74, 6) is 0.516. The van der Waals surface area contributed by atoms with Crippen LogP contribution < -0.4 is 0 Å². The molecule has 0 atom stereocenters. The van der Waals surface area contributed by atoms with Crippen LogP contribution in [0.4, 0.5) is 0 Å². The van der Waals surface area contributed by atoms with E-state index >= 15 is 0 Å². The van der Waals surface area contributed by atoms with E-state index in [-0.39, 0.29) is 0 Å². The number of nitrogens with one attached hydrogen (secondary N) is 1. The fraction of sp³-hybridized carbons (Fsp3) is 0.0588. The summed E-state index contributed by atoms with van der Waals surface area (Å²) >= 11 is 21.8. The normalized spacial score (nSPS) is 10.7. The Morgan fingerprint density at radius 2 is 1.31 bits per heavy atom. The zero-order valence-corrected chi connectivity index (χ0v) is 31.5. The number of halogens is 5. The molecular formula is C34H19Cl3I2N10. The highest BCUT2D eigenvalue weighted by molar-refractivity contribution is 14.1. The van der Waals surface area contributed by atoms with Crippen molar-refractivity contribution in [3.8, 4) is 12.1 Å². The summed E-state index contributed by atoms with van der Waals surface area (Å²) in [5, 5.41) is 34.2. The minimum absolute atomic E-state index is 0.401. The molecule has 0 amide bonds. The van der Waals surface area contributed by atoms with Crippen LogP contribution in [0.15, 0.2) is 85.5 Å². The molecule has 0 spiro atoms. The number of fused-ring (bicyclic) bond motifs is 4. The Labute approximate surface area is 321 Å². The molecule has 1 N–H and O–H groups in total. The van der Waals surface area contributed by atoms with Gasteiger partial charge >= 0.3 is 0 Å². The van der Waals surface area contributed by atoms with Crippen LogP contribution in [0, 0.1) is 30.1 Å². The van der Waals surface area contributed by atoms with E-state index in [1.807, 2.05) is 59.3 Å². The first kappa shape index (κ1) is 34.7. The second-order valence-electron chi connectivity index (χ2n) is 10.3. The smallest absolute Gasteiger partial charge is 0.152 e. The zero-order chi connectivity index (χ0) is 34.5. The van der Waals surface area contributed by atoms with Crippen molar-refractivity contribution in [2.24, 2.45) is 0 Å². The molecular weight excluding hydrogens is 909 g/mol. The second kappa shape index (κ2) is 15.6. The molecule has 0 aliphatic carbocycles. The van der Waals surface area contributed by atoms with E-state index in [1.165, 1.54) is 0 Å². The number of rotatable bonds is 3. The molecule has 0 aliphatic heterocycles. The Morgan fingerprint density at radius 3 is 1.94 bits per heavy atom. The number of pyridine rings is 4. The fourth-order valence-electron chi connectivity index (χ4n) is 4.96. The minimum atomic E-state index is 0.401. The van der Waals surface area contributed by atoms with Gasteiger partial charge in [0.15, 0.2) is 11.4 Å². The molecule has 15 heteroatoms. The molecule has 0 saturated heterocycles. The van der Waals surface area contributed by atoms with Crippen molar-refractivity contribution >= 4 is 124 Å². The maximum absolute atomic E-state index is 9.23. The summed E-state index contributed by atoms with van der Waals surface area (Å²) in [6, 6.07) is 23.6. The summed E-state index contributed by atoms with van der Waals surface area (Å²) in [6.07, 6.45) is 6.50. The van der Waals surface area contributed by atoms with Crippen LogP contribution in [0.2, 0.25) is 10.0 Å². The third-order valence-electron chi connectivity index (χ3n) is 7.17. The van der Waals surface area contributed by atoms with Crippen LogP contribution in [0.5, 0.6) is 0 Å². The molecule has 2 aromatic carbocycles. The van der Waals surface area contributed by atoms with E-state index in [0.29, 0.717) is 33.9 Å². The molecule has 0 aliphatic rings. The molecule has 0 unspecified atom stereocenters. The summed E-state index contributed by atoms with van der Waals surface area (Å²) in [5.41, 5.74) is 6.52. The van der Waals surface area contributed by atoms with E-state index < -0.39 is 0 Å². The fourth-order valence-corrected chi connectivity index (χ4v) is 6.90. The second-order valence-corrected chi connectivity index (χ2v) is 13.6. The minimum Gasteiger partial charge on any atom is -0.271 e. The Morgan fingerprint density at radius 1 is 0.714 bits per heavy atom. The van der Waals surface area contributed by atoms with Gasteiger partial charge in [0.25, 0.3) is 0 Å². The predicted octanol–water partition coefficient (Wildman–Crippen LogP) is 9.22. The van der Waals surface area contributed by atoms with Crippen molar-refractivity contribution in [1.82, 2.24) is 39.9 Å². The number of hydrogen-bond acceptors (Lipinski definition) is 8. The molecule has 0 bridgehead atoms. The van der Waals surface area contributed by atoms with Crippen molar-refractivity contribution in [1.29, 1.82) is 10.5 Å². The first-order chi connectivity index (χ1) is 23.8. The monoisotopic (exact) mass is 926 g/mol. The van der Waals surface area contributed by atoms with Gasteiger partial charge in [0.05, 0.1) is 49.4 Å². The number of aromatic nitrogens is 8. The van der Waals surface area contributed by atoms with E-state index in [1.54, 1.807) is 30.9 Å². The largest absolute Gasteiger partial charge is 0.271 e. The van der Waals surface area contributed by atoms with Crippen molar-refractivity contribution in [2.75, 3.05) is 0 Å². The Hall–Kier alpha value is -4.19. The van der Waals surface area contributed by atoms with Gasteiger partial charge in [-0.25, -0.2) is 9.97 Å². The molecule has 240 valence electrons. The third kappa shape index (κ3) is 7.84. The summed E-state index contributed by atoms with van der Waals surface area (Å²) < 4.78 is 3.52. The lowest BCUT2D eigenvalue weighted by Gasteiger charge is -2.06. The van der Waals surface area contributed by atoms with Gasteiger partial charge in [-0.05, 0) is 105 Å². The van der Waals surface area contributed by atoms with Gasteiger partial charge in [0.2, 0.25) is 0 Å². The SMILES string of the molecule is ClCc1ccc2ncc(Cl)cc2c1.N#Cc1nccc2c1c(I)nn2Cc1ccc2ncc(Cl)cc2c1.N#Cc1nccc2n[nH]c(I)c12. The van der Waals surface area contributed by atoms with Crippen molar-refractivity contribution in [2.45, 2.75) is 12.4 Å². The summed E-state index contributed by atoms with van der Waals surface area (Å²) in [4.78, 5) is 16.5. The van der Waals surface area contributed by atoms with Crippen LogP contribution in [-0.4, -0.2) is 39.9 Å². The van der Waals surface area contributed by atoms with Crippen molar-refractivity contribution in [3.63, 3.8) is 0 Å². The van der Waals surface area contributed by atoms with Crippen LogP contribution in [-0.2, 0) is 12.4 Å². The molecule has 10 nitrogen and oxygen atoms in total. The van der Waals surface area contributed by atoms with Gasteiger partial charge in [-0.1, -0.05) is 35.3 Å². The van der Waals surface area contributed by atoms with Crippen LogP contribution >= 0.6 is 80.0 Å². The lowest BCUT2D eigenvalue weighted by atomic mass is 10.1. The Kier molecular flexibility index (Phi) is 11.0. The topological polar surface area (TPSA) is 146 Å². The Balaban J connectivity index is 0.000000140. The highest BCUT2D eigenvalue weighted by atomic mass is 127. The quantitative estimate of drug-likeness (QED) is 0.136. The lowest BCUT2D eigenvalue weighted by Crippen LogP contribution is -2.02. The van der Waals surface area contributed by atoms with E-state index in [9.17, 15) is 5.26 Å². The standard InChI is InChI=1S/C17H9ClIN5.C10H7Cl2N.C7H3IN4/c18-12-6-11-5-10(1-2-13(11)22-8-12)9-24-15-3-4-21-14(7-20)16(15)17(19)23-24;11-5-7-1-2-10-8(3-7)4-9(12)6-13-10;8-7-6-4(11-12-7)1-2-10-5(6)3-9/h1-6,8H,9H2;1-4,6H,5H2;1-2H,(H,11,12). The summed E-state index contributed by atoms with van der Waals surface area (Å²) in [7, 11) is 0. The van der Waals surface area contributed by atoms with Gasteiger partial charge in [-0.3, -0.25) is 19.7 Å². The van der Waals surface area contributed by atoms with E-state index in [2.05, 4.69) is 92.5 Å². The average Bonchev–Trinajstić information content (AvgIpc) is 3.66. The Bertz CT molecular complexity index is 2570. The molecule has 0 fully saturated rings. The number of benzene rings is 2. The number of alkyl halides is 1. The van der Waals surface area contributed by atoms with Gasteiger partial charge in [-0.15, -0.1) is 11.6 Å². The first-order valence-electron chi connectivity index (χ1n) is 14.2. The number of H-pyrrole nitrogens is 1. The molecule has 49 heavy (non-hydrogen) atoms. The predicted molar refractivity (Wildman–Crippen MR) is 208 cm³/mol. The van der Waals surface area contributed by atoms with Crippen LogP contribution in [0.3, 0.4) is 0 Å². The first-order valence-corrected chi connectivity index (χ1v) is 17.7. The van der Waals surface area contributed by atoms with Crippen molar-refractivity contribution in [3.05, 3.63) is 125 Å². The zero-order valence-electron chi connectivity index (χ0n) is 24.9. The van der Waals surface area contributed by atoms with Gasteiger partial charge < -0.3 is 0 Å². The van der Waals surface area contributed by atoms with Gasteiger partial charge in [0.1, 0.15) is 19.5 Å². The van der Waals surface area contributed by atoms with Crippen molar-refractivity contribution < 1.29 is 0 Å². The molecule has 0 saturated carbocycles. The molecule has 6 aromatic heterocycles. The van der Waals surface area contributed by atoms with E-state index in [0.717, 1.165) is 62.1 Å². The highest BCUT2D eigenvalue weighted by Gasteiger charge is 2.14. The molecule has 6 heterocycles. The number of nitrogens with zero attached hydrogens (tertiary/aromatic N) is 9. The maximum atomic E-state index is 9.23. The molecule has 8 rings (SSSR count). The average molecular weight is 928 g/mol. The number of aromatic amines is 1.